The number of aliphatic hydroxyl groups is 1. The lowest BCUT2D eigenvalue weighted by Crippen LogP contribution is -2.42. The molecule has 3 aliphatic rings. The zero-order valence-electron chi connectivity index (χ0n) is 32.8. The SMILES string of the molecule is CCC(=O)N[C@H](COC(C)=O)Cc1cc2c(c(C)c1OCc1ccccc1)OCO2.CCC1N[C@H](CO)Cc2c(OCc3ccccc3)c(C)c3c(c21)OCO3. The fourth-order valence-corrected chi connectivity index (χ4v) is 7.26. The van der Waals surface area contributed by atoms with Crippen LogP contribution in [0.5, 0.6) is 34.5 Å². The van der Waals surface area contributed by atoms with Gasteiger partial charge in [0.05, 0.1) is 12.6 Å². The standard InChI is InChI=1S/C23H27NO6.C21H25NO4/c1-4-21(26)24-19(13-27-16(3)25)10-18-11-20-23(30-14-29-20)15(2)22(18)28-12-17-8-6-5-7-9-17;1-3-17-18-16(9-15(10-23)22-17)19(13(2)20-21(18)26-12-25-20)24-11-14-7-5-4-6-8-14/h5-9,11,19H,4,10,12-14H2,1-3H3,(H,24,26);4-8,15,17,22-23H,3,9-12H2,1-2H3/t19-;15-,17?/m00/s1. The van der Waals surface area contributed by atoms with Crippen molar-refractivity contribution >= 4 is 11.9 Å². The van der Waals surface area contributed by atoms with Gasteiger partial charge in [-0.15, -0.1) is 0 Å². The van der Waals surface area contributed by atoms with Crippen LogP contribution >= 0.6 is 0 Å². The number of ether oxygens (including phenoxy) is 7. The van der Waals surface area contributed by atoms with Crippen molar-refractivity contribution in [3.8, 4) is 34.5 Å². The fourth-order valence-electron chi connectivity index (χ4n) is 7.26. The molecule has 4 aromatic rings. The van der Waals surface area contributed by atoms with Crippen molar-refractivity contribution in [1.82, 2.24) is 10.6 Å². The van der Waals surface area contributed by atoms with Crippen LogP contribution in [0, 0.1) is 13.8 Å². The van der Waals surface area contributed by atoms with E-state index in [4.69, 9.17) is 33.2 Å². The number of hydrogen-bond donors (Lipinski definition) is 3. The minimum absolute atomic E-state index is 0.0197. The Kier molecular flexibility index (Phi) is 13.6. The van der Waals surface area contributed by atoms with Gasteiger partial charge in [0.2, 0.25) is 19.5 Å². The number of esters is 1. The van der Waals surface area contributed by atoms with Gasteiger partial charge in [0.1, 0.15) is 31.3 Å². The minimum atomic E-state index is -0.395. The number of carbonyl (C=O) groups excluding carboxylic acids is 2. The molecule has 12 nitrogen and oxygen atoms in total. The number of carbonyl (C=O) groups is 2. The Hall–Kier alpha value is -5.46. The van der Waals surface area contributed by atoms with Crippen molar-refractivity contribution in [1.29, 1.82) is 0 Å². The first kappa shape index (κ1) is 40.2. The van der Waals surface area contributed by atoms with Crippen molar-refractivity contribution in [2.45, 2.75) is 91.6 Å². The zero-order valence-corrected chi connectivity index (χ0v) is 32.8. The van der Waals surface area contributed by atoms with Crippen LogP contribution in [0.2, 0.25) is 0 Å². The third-order valence-corrected chi connectivity index (χ3v) is 10.0. The van der Waals surface area contributed by atoms with Gasteiger partial charge >= 0.3 is 5.97 Å². The second-order valence-corrected chi connectivity index (χ2v) is 14.0. The summed E-state index contributed by atoms with van der Waals surface area (Å²) in [4.78, 5) is 23.3. The van der Waals surface area contributed by atoms with Gasteiger partial charge in [-0.2, -0.15) is 0 Å². The van der Waals surface area contributed by atoms with Crippen molar-refractivity contribution < 1.29 is 47.9 Å². The summed E-state index contributed by atoms with van der Waals surface area (Å²) >= 11 is 0. The van der Waals surface area contributed by atoms with E-state index < -0.39 is 5.97 Å². The Morgan fingerprint density at radius 2 is 1.46 bits per heavy atom. The van der Waals surface area contributed by atoms with Gasteiger partial charge in [0, 0.05) is 53.2 Å². The van der Waals surface area contributed by atoms with Crippen LogP contribution in [0.4, 0.5) is 0 Å². The third-order valence-electron chi connectivity index (χ3n) is 10.0. The van der Waals surface area contributed by atoms with E-state index in [1.165, 1.54) is 6.92 Å². The Morgan fingerprint density at radius 3 is 2.09 bits per heavy atom. The van der Waals surface area contributed by atoms with E-state index in [1.54, 1.807) is 6.92 Å². The van der Waals surface area contributed by atoms with E-state index in [0.29, 0.717) is 49.7 Å². The highest BCUT2D eigenvalue weighted by Gasteiger charge is 2.36. The number of benzene rings is 4. The number of amides is 1. The summed E-state index contributed by atoms with van der Waals surface area (Å²) in [6.45, 7) is 10.7. The molecule has 1 amide bonds. The third kappa shape index (κ3) is 9.49. The highest BCUT2D eigenvalue weighted by atomic mass is 16.7. The predicted molar refractivity (Wildman–Crippen MR) is 209 cm³/mol. The molecule has 0 radical (unpaired) electrons. The van der Waals surface area contributed by atoms with E-state index in [2.05, 4.69) is 29.7 Å². The predicted octanol–water partition coefficient (Wildman–Crippen LogP) is 6.56. The second-order valence-electron chi connectivity index (χ2n) is 14.0. The van der Waals surface area contributed by atoms with Crippen molar-refractivity contribution in [2.75, 3.05) is 26.8 Å². The molecule has 56 heavy (non-hydrogen) atoms. The fraction of sp³-hybridized carbons (Fsp3) is 0.409. The summed E-state index contributed by atoms with van der Waals surface area (Å²) in [7, 11) is 0. The normalized spacial score (nSPS) is 16.5. The molecule has 3 heterocycles. The van der Waals surface area contributed by atoms with Crippen molar-refractivity contribution in [3.05, 3.63) is 106 Å². The number of aliphatic hydroxyl groups excluding tert-OH is 1. The molecule has 4 aromatic carbocycles. The topological polar surface area (TPSA) is 143 Å². The molecule has 1 unspecified atom stereocenters. The first-order chi connectivity index (χ1) is 27.2. The Bertz CT molecular complexity index is 1970. The average Bonchev–Trinajstić information content (AvgIpc) is 3.91. The van der Waals surface area contributed by atoms with Gasteiger partial charge < -0.3 is 48.9 Å². The molecule has 0 aromatic heterocycles. The maximum atomic E-state index is 12.0. The summed E-state index contributed by atoms with van der Waals surface area (Å²) in [5, 5.41) is 16.2. The largest absolute Gasteiger partial charge is 0.488 e. The van der Waals surface area contributed by atoms with Gasteiger partial charge in [-0.1, -0.05) is 74.5 Å². The van der Waals surface area contributed by atoms with Crippen LogP contribution < -0.4 is 39.1 Å². The first-order valence-corrected chi connectivity index (χ1v) is 19.2. The average molecular weight is 769 g/mol. The number of fused-ring (bicyclic) bond motifs is 4. The van der Waals surface area contributed by atoms with Crippen molar-refractivity contribution in [3.63, 3.8) is 0 Å². The molecule has 0 aliphatic carbocycles. The van der Waals surface area contributed by atoms with Gasteiger partial charge in [-0.3, -0.25) is 9.59 Å². The molecular formula is C44H52N2O10. The van der Waals surface area contributed by atoms with Crippen LogP contribution in [0.3, 0.4) is 0 Å². The van der Waals surface area contributed by atoms with Crippen LogP contribution in [-0.2, 0) is 40.4 Å². The highest BCUT2D eigenvalue weighted by Crippen LogP contribution is 2.51. The zero-order chi connectivity index (χ0) is 39.6. The summed E-state index contributed by atoms with van der Waals surface area (Å²) in [5.41, 5.74) is 7.07. The van der Waals surface area contributed by atoms with Gasteiger partial charge in [-0.25, -0.2) is 0 Å². The molecule has 298 valence electrons. The smallest absolute Gasteiger partial charge is 0.302 e. The number of nitrogens with one attached hydrogen (secondary N) is 2. The molecule has 0 saturated heterocycles. The molecule has 0 spiro atoms. The van der Waals surface area contributed by atoms with E-state index in [-0.39, 0.29) is 50.8 Å². The quantitative estimate of drug-likeness (QED) is 0.120. The van der Waals surface area contributed by atoms with Crippen LogP contribution in [-0.4, -0.2) is 55.9 Å². The molecule has 3 atom stereocenters. The minimum Gasteiger partial charge on any atom is -0.488 e. The number of hydrogen-bond acceptors (Lipinski definition) is 11. The van der Waals surface area contributed by atoms with Gasteiger partial charge in [-0.05, 0) is 50.3 Å². The monoisotopic (exact) mass is 768 g/mol. The lowest BCUT2D eigenvalue weighted by Gasteiger charge is -2.34. The molecule has 3 aliphatic heterocycles. The number of rotatable bonds is 14. The van der Waals surface area contributed by atoms with E-state index in [0.717, 1.165) is 62.6 Å². The maximum absolute atomic E-state index is 12.0. The Balaban J connectivity index is 0.000000191. The van der Waals surface area contributed by atoms with E-state index >= 15 is 0 Å². The molecule has 3 N–H and O–H groups in total. The summed E-state index contributed by atoms with van der Waals surface area (Å²) in [6.07, 6.45) is 2.37. The van der Waals surface area contributed by atoms with Crippen LogP contribution in [0.15, 0.2) is 66.7 Å². The molecule has 0 bridgehead atoms. The van der Waals surface area contributed by atoms with Crippen LogP contribution in [0.25, 0.3) is 0 Å². The first-order valence-electron chi connectivity index (χ1n) is 19.2. The van der Waals surface area contributed by atoms with Crippen molar-refractivity contribution in [2.24, 2.45) is 0 Å². The summed E-state index contributed by atoms with van der Waals surface area (Å²) < 4.78 is 40.4. The molecule has 0 saturated carbocycles. The summed E-state index contributed by atoms with van der Waals surface area (Å²) in [6, 6.07) is 21.6. The highest BCUT2D eigenvalue weighted by molar-refractivity contribution is 5.76. The van der Waals surface area contributed by atoms with Gasteiger partial charge in [0.25, 0.3) is 0 Å². The maximum Gasteiger partial charge on any atom is 0.302 e. The second kappa shape index (κ2) is 18.9. The van der Waals surface area contributed by atoms with E-state index in [9.17, 15) is 14.7 Å². The van der Waals surface area contributed by atoms with Crippen LogP contribution in [0.1, 0.15) is 78.6 Å². The lowest BCUT2D eigenvalue weighted by atomic mass is 9.86. The Morgan fingerprint density at radius 1 is 0.857 bits per heavy atom. The lowest BCUT2D eigenvalue weighted by molar-refractivity contribution is -0.142. The molecular weight excluding hydrogens is 716 g/mol. The van der Waals surface area contributed by atoms with E-state index in [1.807, 2.05) is 68.4 Å². The molecule has 7 rings (SSSR count). The Labute approximate surface area is 328 Å². The molecule has 12 heteroatoms. The molecule has 0 fully saturated rings. The van der Waals surface area contributed by atoms with Gasteiger partial charge in [0.15, 0.2) is 23.0 Å². The summed E-state index contributed by atoms with van der Waals surface area (Å²) in [5.74, 6) is 3.96.